The Hall–Kier alpha value is -3.40. The summed E-state index contributed by atoms with van der Waals surface area (Å²) in [5.74, 6) is -0.524. The molecule has 4 nitrogen and oxygen atoms in total. The van der Waals surface area contributed by atoms with Crippen LogP contribution in [0.1, 0.15) is 17.0 Å². The summed E-state index contributed by atoms with van der Waals surface area (Å²) in [7, 11) is 1.42. The van der Waals surface area contributed by atoms with Gasteiger partial charge in [-0.3, -0.25) is 0 Å². The van der Waals surface area contributed by atoms with Crippen molar-refractivity contribution in [1.82, 2.24) is 0 Å². The molecular weight excluding hydrogens is 336 g/mol. The van der Waals surface area contributed by atoms with Gasteiger partial charge in [-0.05, 0) is 23.3 Å². The number of rotatable bonds is 4. The quantitative estimate of drug-likeness (QED) is 0.657. The summed E-state index contributed by atoms with van der Waals surface area (Å²) in [6.45, 7) is 0. The van der Waals surface area contributed by atoms with Crippen LogP contribution >= 0.6 is 0 Å². The van der Waals surface area contributed by atoms with Gasteiger partial charge in [0.15, 0.2) is 6.04 Å². The average molecular weight is 356 g/mol. The Balaban J connectivity index is 1.89. The van der Waals surface area contributed by atoms with E-state index in [0.29, 0.717) is 0 Å². The zero-order valence-corrected chi connectivity index (χ0v) is 15.0. The van der Waals surface area contributed by atoms with Crippen LogP contribution in [0.4, 0.5) is 5.69 Å². The van der Waals surface area contributed by atoms with Crippen molar-refractivity contribution in [2.24, 2.45) is 5.10 Å². The van der Waals surface area contributed by atoms with Crippen LogP contribution in [0.5, 0.6) is 0 Å². The zero-order chi connectivity index (χ0) is 18.6. The Morgan fingerprint density at radius 3 is 2.00 bits per heavy atom. The molecule has 0 bridgehead atoms. The number of esters is 1. The molecule has 0 saturated heterocycles. The summed E-state index contributed by atoms with van der Waals surface area (Å²) in [5.41, 5.74) is 3.76. The van der Waals surface area contributed by atoms with Crippen LogP contribution < -0.4 is 5.01 Å². The van der Waals surface area contributed by atoms with Crippen molar-refractivity contribution < 1.29 is 9.53 Å². The SMILES string of the molecule is COC(=O)[C@@H]1[C@@H](c2ccccc2)C(c2ccccc2)=NN1c1ccccc1. The lowest BCUT2D eigenvalue weighted by molar-refractivity contribution is -0.142. The van der Waals surface area contributed by atoms with E-state index in [2.05, 4.69) is 0 Å². The molecule has 0 unspecified atom stereocenters. The summed E-state index contributed by atoms with van der Waals surface area (Å²) in [6, 6.07) is 29.2. The molecule has 1 aliphatic heterocycles. The number of hydrazone groups is 1. The van der Waals surface area contributed by atoms with Crippen LogP contribution in [-0.4, -0.2) is 24.8 Å². The van der Waals surface area contributed by atoms with Crippen molar-refractivity contribution >= 4 is 17.4 Å². The molecule has 4 rings (SSSR count). The van der Waals surface area contributed by atoms with Crippen LogP contribution in [0.3, 0.4) is 0 Å². The number of methoxy groups -OCH3 is 1. The first-order valence-corrected chi connectivity index (χ1v) is 8.90. The van der Waals surface area contributed by atoms with E-state index in [-0.39, 0.29) is 11.9 Å². The maximum absolute atomic E-state index is 12.8. The van der Waals surface area contributed by atoms with E-state index in [4.69, 9.17) is 9.84 Å². The van der Waals surface area contributed by atoms with Gasteiger partial charge in [-0.1, -0.05) is 78.9 Å². The molecule has 3 aromatic rings. The smallest absolute Gasteiger partial charge is 0.331 e. The van der Waals surface area contributed by atoms with Crippen LogP contribution in [0, 0.1) is 0 Å². The minimum absolute atomic E-state index is 0.221. The highest BCUT2D eigenvalue weighted by molar-refractivity contribution is 6.11. The van der Waals surface area contributed by atoms with Crippen LogP contribution in [0.2, 0.25) is 0 Å². The number of carbonyl (C=O) groups is 1. The molecule has 1 heterocycles. The van der Waals surface area contributed by atoms with Gasteiger partial charge in [-0.2, -0.15) is 5.10 Å². The molecule has 0 saturated carbocycles. The molecule has 27 heavy (non-hydrogen) atoms. The molecule has 0 fully saturated rings. The van der Waals surface area contributed by atoms with Crippen LogP contribution in [-0.2, 0) is 9.53 Å². The lowest BCUT2D eigenvalue weighted by atomic mass is 9.85. The second-order valence-electron chi connectivity index (χ2n) is 6.39. The number of hydrogen-bond acceptors (Lipinski definition) is 4. The van der Waals surface area contributed by atoms with Crippen LogP contribution in [0.15, 0.2) is 96.1 Å². The van der Waals surface area contributed by atoms with Gasteiger partial charge in [0, 0.05) is 0 Å². The highest BCUT2D eigenvalue weighted by Gasteiger charge is 2.44. The van der Waals surface area contributed by atoms with Gasteiger partial charge in [-0.15, -0.1) is 0 Å². The number of ether oxygens (including phenoxy) is 1. The fraction of sp³-hybridized carbons (Fsp3) is 0.130. The van der Waals surface area contributed by atoms with E-state index in [1.54, 1.807) is 5.01 Å². The Morgan fingerprint density at radius 1 is 0.852 bits per heavy atom. The first kappa shape index (κ1) is 17.0. The first-order chi connectivity index (χ1) is 13.3. The summed E-state index contributed by atoms with van der Waals surface area (Å²) < 4.78 is 5.17. The fourth-order valence-electron chi connectivity index (χ4n) is 3.53. The number of nitrogens with zero attached hydrogens (tertiary/aromatic N) is 2. The zero-order valence-electron chi connectivity index (χ0n) is 15.0. The molecule has 0 amide bonds. The van der Waals surface area contributed by atoms with Gasteiger partial charge in [0.1, 0.15) is 0 Å². The molecule has 0 aliphatic carbocycles. The van der Waals surface area contributed by atoms with Gasteiger partial charge in [0.05, 0.1) is 24.4 Å². The van der Waals surface area contributed by atoms with E-state index in [1.165, 1.54) is 7.11 Å². The molecule has 4 heteroatoms. The number of anilines is 1. The summed E-state index contributed by atoms with van der Waals surface area (Å²) >= 11 is 0. The average Bonchev–Trinajstić information content (AvgIpc) is 3.16. The predicted octanol–water partition coefficient (Wildman–Crippen LogP) is 4.24. The predicted molar refractivity (Wildman–Crippen MR) is 107 cm³/mol. The minimum atomic E-state index is -0.560. The van der Waals surface area contributed by atoms with Crippen molar-refractivity contribution in [3.8, 4) is 0 Å². The summed E-state index contributed by atoms with van der Waals surface area (Å²) in [5, 5.41) is 6.67. The van der Waals surface area contributed by atoms with Crippen molar-refractivity contribution in [3.63, 3.8) is 0 Å². The Labute approximate surface area is 158 Å². The minimum Gasteiger partial charge on any atom is -0.467 e. The molecule has 0 spiro atoms. The second-order valence-corrected chi connectivity index (χ2v) is 6.39. The molecule has 2 atom stereocenters. The number of hydrogen-bond donors (Lipinski definition) is 0. The van der Waals surface area contributed by atoms with Gasteiger partial charge < -0.3 is 4.74 Å². The third kappa shape index (κ3) is 3.22. The highest BCUT2D eigenvalue weighted by Crippen LogP contribution is 2.37. The van der Waals surface area contributed by atoms with Crippen LogP contribution in [0.25, 0.3) is 0 Å². The maximum Gasteiger partial charge on any atom is 0.331 e. The Bertz CT molecular complexity index is 940. The molecule has 1 aliphatic rings. The monoisotopic (exact) mass is 356 g/mol. The maximum atomic E-state index is 12.8. The van der Waals surface area contributed by atoms with E-state index >= 15 is 0 Å². The highest BCUT2D eigenvalue weighted by atomic mass is 16.5. The van der Waals surface area contributed by atoms with Crippen molar-refractivity contribution in [3.05, 3.63) is 102 Å². The third-order valence-corrected chi connectivity index (χ3v) is 4.78. The molecule has 0 aromatic heterocycles. The molecule has 0 radical (unpaired) electrons. The largest absolute Gasteiger partial charge is 0.467 e. The molecular formula is C23H20N2O2. The summed E-state index contributed by atoms with van der Waals surface area (Å²) in [4.78, 5) is 12.8. The van der Waals surface area contributed by atoms with E-state index in [1.807, 2.05) is 91.0 Å². The standard InChI is InChI=1S/C23H20N2O2/c1-27-23(26)22-20(17-11-5-2-6-12-17)21(18-13-7-3-8-14-18)24-25(22)19-15-9-4-10-16-19/h2-16,20,22H,1H3/t20-,22-/m0/s1. The lowest BCUT2D eigenvalue weighted by Crippen LogP contribution is -2.40. The van der Waals surface area contributed by atoms with E-state index in [0.717, 1.165) is 22.5 Å². The summed E-state index contributed by atoms with van der Waals surface area (Å²) in [6.07, 6.45) is 0. The number of benzene rings is 3. The molecule has 0 N–H and O–H groups in total. The second kappa shape index (κ2) is 7.46. The van der Waals surface area contributed by atoms with Gasteiger partial charge in [0.2, 0.25) is 0 Å². The lowest BCUT2D eigenvalue weighted by Gasteiger charge is -2.26. The van der Waals surface area contributed by atoms with Gasteiger partial charge in [-0.25, -0.2) is 9.80 Å². The first-order valence-electron chi connectivity index (χ1n) is 8.90. The molecule has 3 aromatic carbocycles. The molecule has 134 valence electrons. The van der Waals surface area contributed by atoms with Gasteiger partial charge in [0.25, 0.3) is 0 Å². The van der Waals surface area contributed by atoms with Crippen molar-refractivity contribution in [2.75, 3.05) is 12.1 Å². The normalized spacial score (nSPS) is 18.9. The van der Waals surface area contributed by atoms with Crippen molar-refractivity contribution in [2.45, 2.75) is 12.0 Å². The third-order valence-electron chi connectivity index (χ3n) is 4.78. The fourth-order valence-corrected chi connectivity index (χ4v) is 3.53. The number of para-hydroxylation sites is 1. The van der Waals surface area contributed by atoms with Gasteiger partial charge >= 0.3 is 5.97 Å². The Morgan fingerprint density at radius 2 is 1.41 bits per heavy atom. The number of carbonyl (C=O) groups excluding carboxylic acids is 1. The topological polar surface area (TPSA) is 41.9 Å². The van der Waals surface area contributed by atoms with E-state index < -0.39 is 6.04 Å². The Kier molecular flexibility index (Phi) is 4.71. The van der Waals surface area contributed by atoms with Crippen molar-refractivity contribution in [1.29, 1.82) is 0 Å². The van der Waals surface area contributed by atoms with E-state index in [9.17, 15) is 4.79 Å².